The van der Waals surface area contributed by atoms with Gasteiger partial charge in [-0.1, -0.05) is 35.5 Å². The Morgan fingerprint density at radius 2 is 1.96 bits per heavy atom. The molecule has 7 nitrogen and oxygen atoms in total. The van der Waals surface area contributed by atoms with Crippen LogP contribution in [0.1, 0.15) is 27.4 Å². The van der Waals surface area contributed by atoms with E-state index in [1.165, 1.54) is 18.3 Å². The molecule has 134 valence electrons. The predicted octanol–water partition coefficient (Wildman–Crippen LogP) is 3.60. The van der Waals surface area contributed by atoms with E-state index in [0.717, 1.165) is 10.6 Å². The van der Waals surface area contributed by atoms with E-state index in [1.54, 1.807) is 13.0 Å². The third kappa shape index (κ3) is 3.97. The van der Waals surface area contributed by atoms with E-state index < -0.39 is 18.0 Å². The molecule has 0 bridgehead atoms. The summed E-state index contributed by atoms with van der Waals surface area (Å²) in [7, 11) is 0. The second kappa shape index (κ2) is 7.49. The van der Waals surface area contributed by atoms with Crippen molar-refractivity contribution in [3.63, 3.8) is 0 Å². The van der Waals surface area contributed by atoms with Gasteiger partial charge in [0.15, 0.2) is 11.9 Å². The van der Waals surface area contributed by atoms with Crippen molar-refractivity contribution in [2.24, 2.45) is 0 Å². The Balaban J connectivity index is 1.73. The number of hydrogen-bond donors (Lipinski definition) is 1. The molecule has 1 atom stereocenters. The zero-order chi connectivity index (χ0) is 18.7. The number of amides is 1. The molecule has 1 aromatic carbocycles. The molecule has 2 aromatic heterocycles. The molecule has 0 aliphatic heterocycles. The van der Waals surface area contributed by atoms with Gasteiger partial charge in [-0.2, -0.15) is 0 Å². The Morgan fingerprint density at radius 3 is 2.62 bits per heavy atom. The molecule has 3 aromatic rings. The highest BCUT2D eigenvalue weighted by Crippen LogP contribution is 2.28. The number of thiazole rings is 1. The second-order valence-electron chi connectivity index (χ2n) is 5.64. The van der Waals surface area contributed by atoms with Crippen LogP contribution in [0, 0.1) is 13.8 Å². The van der Waals surface area contributed by atoms with Crippen molar-refractivity contribution in [3.05, 3.63) is 52.0 Å². The molecule has 1 amide bonds. The van der Waals surface area contributed by atoms with Crippen molar-refractivity contribution >= 4 is 29.0 Å². The van der Waals surface area contributed by atoms with Crippen LogP contribution in [0.5, 0.6) is 0 Å². The van der Waals surface area contributed by atoms with Gasteiger partial charge in [0.2, 0.25) is 0 Å². The fraction of sp³-hybridized carbons (Fsp3) is 0.222. The number of aromatic nitrogens is 2. The van der Waals surface area contributed by atoms with Gasteiger partial charge in [0.05, 0.1) is 10.7 Å². The van der Waals surface area contributed by atoms with Crippen LogP contribution < -0.4 is 5.32 Å². The minimum absolute atomic E-state index is 0.272. The third-order valence-electron chi connectivity index (χ3n) is 3.50. The zero-order valence-corrected chi connectivity index (χ0v) is 15.3. The predicted molar refractivity (Wildman–Crippen MR) is 97.0 cm³/mol. The Hall–Kier alpha value is -3.00. The number of esters is 1. The number of nitrogens with one attached hydrogen (secondary N) is 1. The number of carbonyl (C=O) groups excluding carboxylic acids is 2. The quantitative estimate of drug-likeness (QED) is 0.689. The van der Waals surface area contributed by atoms with Crippen LogP contribution >= 0.6 is 11.3 Å². The van der Waals surface area contributed by atoms with Gasteiger partial charge in [-0.25, -0.2) is 9.78 Å². The van der Waals surface area contributed by atoms with E-state index in [1.807, 2.05) is 37.3 Å². The summed E-state index contributed by atoms with van der Waals surface area (Å²) in [5.74, 6) is -0.242. The molecule has 1 N–H and O–H groups in total. The minimum atomic E-state index is -0.995. The molecular weight excluding hydrogens is 354 g/mol. The summed E-state index contributed by atoms with van der Waals surface area (Å²) in [5.41, 5.74) is 1.37. The molecule has 8 heteroatoms. The van der Waals surface area contributed by atoms with Crippen LogP contribution in [-0.4, -0.2) is 28.1 Å². The van der Waals surface area contributed by atoms with Crippen LogP contribution in [0.25, 0.3) is 11.3 Å². The summed E-state index contributed by atoms with van der Waals surface area (Å²) < 4.78 is 10.2. The van der Waals surface area contributed by atoms with Crippen LogP contribution in [0.4, 0.5) is 5.82 Å². The van der Waals surface area contributed by atoms with Crippen LogP contribution in [-0.2, 0) is 9.53 Å². The number of aryl methyl sites for hydroxylation is 2. The average molecular weight is 371 g/mol. The lowest BCUT2D eigenvalue weighted by atomic mass is 10.1. The van der Waals surface area contributed by atoms with Gasteiger partial charge in [0.1, 0.15) is 10.6 Å². The van der Waals surface area contributed by atoms with Crippen LogP contribution in [0.2, 0.25) is 0 Å². The molecule has 0 spiro atoms. The van der Waals surface area contributed by atoms with E-state index >= 15 is 0 Å². The van der Waals surface area contributed by atoms with Crippen molar-refractivity contribution in [2.45, 2.75) is 26.9 Å². The normalized spacial score (nSPS) is 11.8. The smallest absolute Gasteiger partial charge is 0.351 e. The number of hydrogen-bond acceptors (Lipinski definition) is 7. The summed E-state index contributed by atoms with van der Waals surface area (Å²) in [6.07, 6.45) is -0.995. The van der Waals surface area contributed by atoms with Gasteiger partial charge in [-0.15, -0.1) is 11.3 Å². The number of rotatable bonds is 5. The maximum Gasteiger partial charge on any atom is 0.351 e. The number of carbonyl (C=O) groups is 2. The number of anilines is 1. The van der Waals surface area contributed by atoms with Gasteiger partial charge in [-0.3, -0.25) is 4.79 Å². The van der Waals surface area contributed by atoms with Crippen molar-refractivity contribution in [1.82, 2.24) is 10.1 Å². The van der Waals surface area contributed by atoms with E-state index in [4.69, 9.17) is 9.26 Å². The maximum absolute atomic E-state index is 12.6. The highest BCUT2D eigenvalue weighted by molar-refractivity contribution is 7.14. The Bertz CT molecular complexity index is 933. The summed E-state index contributed by atoms with van der Waals surface area (Å²) in [6, 6.07) is 10.9. The first kappa shape index (κ1) is 17.8. The Kier molecular flexibility index (Phi) is 5.13. The van der Waals surface area contributed by atoms with E-state index in [0.29, 0.717) is 16.3 Å². The number of nitrogens with zero attached hydrogens (tertiary/aromatic N) is 2. The lowest BCUT2D eigenvalue weighted by Gasteiger charge is -2.12. The van der Waals surface area contributed by atoms with Gasteiger partial charge in [0, 0.05) is 11.6 Å². The van der Waals surface area contributed by atoms with E-state index in [2.05, 4.69) is 15.5 Å². The Labute approximate surface area is 154 Å². The Morgan fingerprint density at radius 1 is 1.23 bits per heavy atom. The third-order valence-corrected chi connectivity index (χ3v) is 4.45. The van der Waals surface area contributed by atoms with Crippen molar-refractivity contribution in [3.8, 4) is 11.3 Å². The average Bonchev–Trinajstić information content (AvgIpc) is 3.21. The SMILES string of the molecule is Cc1cc(NC(=O)[C@H](C)OC(=O)c2sc(C)nc2-c2ccccc2)no1. The molecule has 0 radical (unpaired) electrons. The molecule has 0 saturated carbocycles. The molecule has 3 rings (SSSR count). The van der Waals surface area contributed by atoms with Crippen molar-refractivity contribution in [1.29, 1.82) is 0 Å². The fourth-order valence-corrected chi connectivity index (χ4v) is 3.10. The van der Waals surface area contributed by atoms with E-state index in [9.17, 15) is 9.59 Å². The van der Waals surface area contributed by atoms with Gasteiger partial charge < -0.3 is 14.6 Å². The topological polar surface area (TPSA) is 94.3 Å². The first-order valence-electron chi connectivity index (χ1n) is 7.92. The summed E-state index contributed by atoms with van der Waals surface area (Å²) >= 11 is 1.23. The summed E-state index contributed by atoms with van der Waals surface area (Å²) in [5, 5.41) is 6.96. The van der Waals surface area contributed by atoms with E-state index in [-0.39, 0.29) is 5.82 Å². The highest BCUT2D eigenvalue weighted by atomic mass is 32.1. The summed E-state index contributed by atoms with van der Waals surface area (Å²) in [4.78, 5) is 29.5. The van der Waals surface area contributed by atoms with Crippen LogP contribution in [0.15, 0.2) is 40.9 Å². The van der Waals surface area contributed by atoms with Crippen molar-refractivity contribution < 1.29 is 18.8 Å². The monoisotopic (exact) mass is 371 g/mol. The summed E-state index contributed by atoms with van der Waals surface area (Å²) in [6.45, 7) is 5.02. The molecule has 2 heterocycles. The first-order chi connectivity index (χ1) is 12.4. The first-order valence-corrected chi connectivity index (χ1v) is 8.73. The van der Waals surface area contributed by atoms with Crippen LogP contribution in [0.3, 0.4) is 0 Å². The molecule has 26 heavy (non-hydrogen) atoms. The largest absolute Gasteiger partial charge is 0.448 e. The number of ether oxygens (including phenoxy) is 1. The van der Waals surface area contributed by atoms with Gasteiger partial charge in [0.25, 0.3) is 5.91 Å². The minimum Gasteiger partial charge on any atom is -0.448 e. The zero-order valence-electron chi connectivity index (χ0n) is 14.5. The lowest BCUT2D eigenvalue weighted by molar-refractivity contribution is -0.123. The molecular formula is C18H17N3O4S. The molecule has 0 saturated heterocycles. The molecule has 0 fully saturated rings. The highest BCUT2D eigenvalue weighted by Gasteiger charge is 2.24. The fourth-order valence-electron chi connectivity index (χ4n) is 2.28. The molecule has 0 unspecified atom stereocenters. The lowest BCUT2D eigenvalue weighted by Crippen LogP contribution is -2.30. The second-order valence-corrected chi connectivity index (χ2v) is 6.84. The number of benzene rings is 1. The van der Waals surface area contributed by atoms with Gasteiger partial charge in [-0.05, 0) is 20.8 Å². The molecule has 0 aliphatic rings. The van der Waals surface area contributed by atoms with Crippen molar-refractivity contribution in [2.75, 3.05) is 5.32 Å². The standard InChI is InChI=1S/C18H17N3O4S/c1-10-9-14(21-25-10)20-17(22)11(2)24-18(23)16-15(19-12(3)26-16)13-7-5-4-6-8-13/h4-9,11H,1-3H3,(H,20,21,22)/t11-/m0/s1. The maximum atomic E-state index is 12.6. The van der Waals surface area contributed by atoms with Gasteiger partial charge >= 0.3 is 5.97 Å². The molecule has 0 aliphatic carbocycles.